The second-order valence-corrected chi connectivity index (χ2v) is 8.46. The average Bonchev–Trinajstić information content (AvgIpc) is 3.56. The second kappa shape index (κ2) is 8.51. The molecule has 0 spiro atoms. The second-order valence-electron chi connectivity index (χ2n) is 7.54. The molecule has 8 nitrogen and oxygen atoms in total. The van der Waals surface area contributed by atoms with Crippen LogP contribution in [0.3, 0.4) is 0 Å². The zero-order valence-electron chi connectivity index (χ0n) is 17.5. The summed E-state index contributed by atoms with van der Waals surface area (Å²) in [4.78, 5) is 13.0. The molecule has 9 heteroatoms. The lowest BCUT2D eigenvalue weighted by Gasteiger charge is -2.19. The molecule has 5 rings (SSSR count). The van der Waals surface area contributed by atoms with Gasteiger partial charge in [-0.25, -0.2) is 5.01 Å². The molecule has 0 saturated heterocycles. The Bertz CT molecular complexity index is 1240. The summed E-state index contributed by atoms with van der Waals surface area (Å²) < 4.78 is 16.8. The number of carbonyl (C=O) groups excluding carboxylic acids is 1. The first-order valence-electron chi connectivity index (χ1n) is 10.1. The van der Waals surface area contributed by atoms with Gasteiger partial charge < -0.3 is 13.3 Å². The van der Waals surface area contributed by atoms with Gasteiger partial charge >= 0.3 is 0 Å². The standard InChI is InChI=1S/C23H20N4O4S/c1-14-9-15(2)11-16(10-14)22-24-25-23(31-22)32-13-21(28)27-18(20-6-4-8-30-20)12-17(26-27)19-5-3-7-29-19/h3-11,18H,12-13H2,1-2H3. The average molecular weight is 449 g/mol. The first kappa shape index (κ1) is 20.3. The molecular formula is C23H20N4O4S. The van der Waals surface area contributed by atoms with Crippen LogP contribution in [0.2, 0.25) is 0 Å². The minimum absolute atomic E-state index is 0.0978. The molecule has 1 amide bonds. The van der Waals surface area contributed by atoms with E-state index >= 15 is 0 Å². The van der Waals surface area contributed by atoms with Crippen LogP contribution in [0.25, 0.3) is 11.5 Å². The number of amides is 1. The zero-order chi connectivity index (χ0) is 22.1. The fourth-order valence-corrected chi connectivity index (χ4v) is 4.32. The first-order chi connectivity index (χ1) is 15.6. The topological polar surface area (TPSA) is 97.9 Å². The molecule has 32 heavy (non-hydrogen) atoms. The molecule has 4 aromatic rings. The molecule has 1 aliphatic rings. The van der Waals surface area contributed by atoms with E-state index in [2.05, 4.69) is 21.4 Å². The monoisotopic (exact) mass is 448 g/mol. The molecule has 162 valence electrons. The van der Waals surface area contributed by atoms with Crippen molar-refractivity contribution in [3.05, 3.63) is 77.6 Å². The van der Waals surface area contributed by atoms with E-state index in [0.29, 0.717) is 34.8 Å². The van der Waals surface area contributed by atoms with Crippen molar-refractivity contribution in [3.8, 4) is 11.5 Å². The first-order valence-corrected chi connectivity index (χ1v) is 11.1. The van der Waals surface area contributed by atoms with Crippen molar-refractivity contribution >= 4 is 23.4 Å². The highest BCUT2D eigenvalue weighted by Gasteiger charge is 2.35. The zero-order valence-corrected chi connectivity index (χ0v) is 18.3. The number of aromatic nitrogens is 2. The Morgan fingerprint density at radius 1 is 1.09 bits per heavy atom. The quantitative estimate of drug-likeness (QED) is 0.382. The number of hydrogen-bond donors (Lipinski definition) is 0. The third-order valence-corrected chi connectivity index (χ3v) is 5.84. The molecule has 1 atom stereocenters. The van der Waals surface area contributed by atoms with Crippen molar-refractivity contribution < 1.29 is 18.0 Å². The predicted octanol–water partition coefficient (Wildman–Crippen LogP) is 5.01. The van der Waals surface area contributed by atoms with E-state index in [1.807, 2.05) is 38.1 Å². The summed E-state index contributed by atoms with van der Waals surface area (Å²) >= 11 is 1.18. The van der Waals surface area contributed by atoms with Crippen LogP contribution in [-0.4, -0.2) is 32.6 Å². The van der Waals surface area contributed by atoms with E-state index in [9.17, 15) is 4.79 Å². The van der Waals surface area contributed by atoms with Gasteiger partial charge in [0, 0.05) is 12.0 Å². The highest BCUT2D eigenvalue weighted by Crippen LogP contribution is 2.34. The Balaban J connectivity index is 1.31. The van der Waals surface area contributed by atoms with Gasteiger partial charge in [-0.05, 0) is 50.2 Å². The molecule has 0 aliphatic carbocycles. The van der Waals surface area contributed by atoms with Crippen LogP contribution in [0.15, 0.2) is 78.6 Å². The molecule has 0 fully saturated rings. The van der Waals surface area contributed by atoms with Gasteiger partial charge in [-0.1, -0.05) is 29.0 Å². The molecule has 1 aliphatic heterocycles. The number of benzene rings is 1. The minimum Gasteiger partial charge on any atom is -0.467 e. The molecule has 0 radical (unpaired) electrons. The number of thioether (sulfide) groups is 1. The van der Waals surface area contributed by atoms with Gasteiger partial charge in [0.05, 0.1) is 18.3 Å². The van der Waals surface area contributed by atoms with Gasteiger partial charge in [-0.2, -0.15) is 5.10 Å². The van der Waals surface area contributed by atoms with Crippen molar-refractivity contribution in [2.45, 2.75) is 31.5 Å². The number of carbonyl (C=O) groups is 1. The molecule has 0 N–H and O–H groups in total. The SMILES string of the molecule is Cc1cc(C)cc(-c2nnc(SCC(=O)N3N=C(c4ccco4)CC3c3ccco3)o2)c1. The molecule has 4 heterocycles. The van der Waals surface area contributed by atoms with E-state index in [1.165, 1.54) is 16.8 Å². The van der Waals surface area contributed by atoms with Crippen LogP contribution >= 0.6 is 11.8 Å². The predicted molar refractivity (Wildman–Crippen MR) is 118 cm³/mol. The maximum absolute atomic E-state index is 13.0. The highest BCUT2D eigenvalue weighted by molar-refractivity contribution is 7.99. The maximum Gasteiger partial charge on any atom is 0.277 e. The Morgan fingerprint density at radius 2 is 1.88 bits per heavy atom. The van der Waals surface area contributed by atoms with Crippen molar-refractivity contribution in [2.24, 2.45) is 5.10 Å². The Hall–Kier alpha value is -3.59. The molecule has 0 saturated carbocycles. The molecular weight excluding hydrogens is 428 g/mol. The summed E-state index contributed by atoms with van der Waals surface area (Å²) in [7, 11) is 0. The van der Waals surface area contributed by atoms with Crippen LogP contribution < -0.4 is 0 Å². The number of rotatable bonds is 6. The number of nitrogens with zero attached hydrogens (tertiary/aromatic N) is 4. The van der Waals surface area contributed by atoms with Gasteiger partial charge in [0.25, 0.3) is 11.1 Å². The number of furan rings is 2. The van der Waals surface area contributed by atoms with Crippen LogP contribution in [0.4, 0.5) is 0 Å². The van der Waals surface area contributed by atoms with E-state index in [0.717, 1.165) is 16.7 Å². The van der Waals surface area contributed by atoms with Crippen molar-refractivity contribution in [1.29, 1.82) is 0 Å². The lowest BCUT2D eigenvalue weighted by atomic mass is 10.1. The van der Waals surface area contributed by atoms with E-state index < -0.39 is 0 Å². The molecule has 1 aromatic carbocycles. The summed E-state index contributed by atoms with van der Waals surface area (Å²) in [6.07, 6.45) is 3.68. The van der Waals surface area contributed by atoms with Gasteiger partial charge in [-0.3, -0.25) is 4.79 Å². The van der Waals surface area contributed by atoms with Crippen molar-refractivity contribution in [1.82, 2.24) is 15.2 Å². The van der Waals surface area contributed by atoms with Crippen LogP contribution in [-0.2, 0) is 4.79 Å². The lowest BCUT2D eigenvalue weighted by molar-refractivity contribution is -0.130. The smallest absolute Gasteiger partial charge is 0.277 e. The normalized spacial score (nSPS) is 15.9. The molecule has 1 unspecified atom stereocenters. The van der Waals surface area contributed by atoms with Crippen molar-refractivity contribution in [3.63, 3.8) is 0 Å². The highest BCUT2D eigenvalue weighted by atomic mass is 32.2. The Kier molecular flexibility index (Phi) is 5.40. The van der Waals surface area contributed by atoms with Gasteiger partial charge in [-0.15, -0.1) is 10.2 Å². The van der Waals surface area contributed by atoms with Crippen LogP contribution in [0, 0.1) is 13.8 Å². The maximum atomic E-state index is 13.0. The number of aryl methyl sites for hydroxylation is 2. The largest absolute Gasteiger partial charge is 0.467 e. The summed E-state index contributed by atoms with van der Waals surface area (Å²) in [5.41, 5.74) is 3.79. The van der Waals surface area contributed by atoms with Crippen LogP contribution in [0.5, 0.6) is 0 Å². The summed E-state index contributed by atoms with van der Waals surface area (Å²) in [5, 5.41) is 14.5. The third kappa shape index (κ3) is 4.11. The van der Waals surface area contributed by atoms with Crippen molar-refractivity contribution in [2.75, 3.05) is 5.75 Å². The lowest BCUT2D eigenvalue weighted by Crippen LogP contribution is -2.28. The molecule has 3 aromatic heterocycles. The fraction of sp³-hybridized carbons (Fsp3) is 0.217. The molecule has 0 bridgehead atoms. The van der Waals surface area contributed by atoms with E-state index in [4.69, 9.17) is 13.3 Å². The van der Waals surface area contributed by atoms with Gasteiger partial charge in [0.15, 0.2) is 0 Å². The van der Waals surface area contributed by atoms with Crippen LogP contribution in [0.1, 0.15) is 35.1 Å². The number of hydrazone groups is 1. The van der Waals surface area contributed by atoms with E-state index in [1.54, 1.807) is 24.7 Å². The minimum atomic E-state index is -0.327. The summed E-state index contributed by atoms with van der Waals surface area (Å²) in [6.45, 7) is 4.04. The summed E-state index contributed by atoms with van der Waals surface area (Å²) in [6, 6.07) is 13.0. The Labute approximate surface area is 188 Å². The van der Waals surface area contributed by atoms with Gasteiger partial charge in [0.2, 0.25) is 5.89 Å². The number of hydrogen-bond acceptors (Lipinski definition) is 8. The van der Waals surface area contributed by atoms with Gasteiger partial charge in [0.1, 0.15) is 23.3 Å². The summed E-state index contributed by atoms with van der Waals surface area (Å²) in [5.74, 6) is 1.65. The third-order valence-electron chi connectivity index (χ3n) is 5.04. The fourth-order valence-electron chi connectivity index (χ4n) is 3.71. The Morgan fingerprint density at radius 3 is 2.59 bits per heavy atom. The van der Waals surface area contributed by atoms with E-state index in [-0.39, 0.29) is 17.7 Å².